The first kappa shape index (κ1) is 14.3. The summed E-state index contributed by atoms with van der Waals surface area (Å²) in [6, 6.07) is 9.03. The van der Waals surface area contributed by atoms with Crippen LogP contribution in [0.1, 0.15) is 27.6 Å². The molecule has 4 heteroatoms. The molecular formula is C14H15Br2NS. The summed E-state index contributed by atoms with van der Waals surface area (Å²) >= 11 is 8.96. The molecule has 1 nitrogen and oxygen atoms in total. The normalized spacial score (nSPS) is 12.7. The Morgan fingerprint density at radius 3 is 2.33 bits per heavy atom. The summed E-state index contributed by atoms with van der Waals surface area (Å²) in [6.45, 7) is 4.25. The van der Waals surface area contributed by atoms with Gasteiger partial charge in [0.15, 0.2) is 0 Å². The number of thiophene rings is 1. The minimum atomic E-state index is 0.246. The topological polar surface area (TPSA) is 12.0 Å². The SMILES string of the molecule is CNC(c1cc(C)cc(Br)c1)c1cc(C)c(Br)s1. The molecule has 0 aliphatic heterocycles. The molecule has 1 heterocycles. The zero-order chi connectivity index (χ0) is 13.3. The average molecular weight is 389 g/mol. The van der Waals surface area contributed by atoms with Crippen LogP contribution in [0.3, 0.4) is 0 Å². The molecule has 1 N–H and O–H groups in total. The molecular weight excluding hydrogens is 374 g/mol. The average Bonchev–Trinajstić information content (AvgIpc) is 2.58. The molecule has 18 heavy (non-hydrogen) atoms. The molecule has 1 atom stereocenters. The van der Waals surface area contributed by atoms with Crippen molar-refractivity contribution in [2.45, 2.75) is 19.9 Å². The van der Waals surface area contributed by atoms with E-state index in [0.717, 1.165) is 4.47 Å². The molecule has 0 radical (unpaired) electrons. The van der Waals surface area contributed by atoms with Crippen LogP contribution in [0, 0.1) is 13.8 Å². The molecule has 0 saturated carbocycles. The summed E-state index contributed by atoms with van der Waals surface area (Å²) in [6.07, 6.45) is 0. The number of rotatable bonds is 3. The van der Waals surface area contributed by atoms with E-state index in [9.17, 15) is 0 Å². The molecule has 1 unspecified atom stereocenters. The van der Waals surface area contributed by atoms with Crippen LogP contribution in [-0.4, -0.2) is 7.05 Å². The minimum Gasteiger partial charge on any atom is -0.309 e. The maximum absolute atomic E-state index is 3.60. The first-order valence-corrected chi connectivity index (χ1v) is 8.11. The van der Waals surface area contributed by atoms with Crippen LogP contribution in [0.5, 0.6) is 0 Å². The fourth-order valence-electron chi connectivity index (χ4n) is 2.03. The Kier molecular flexibility index (Phi) is 4.64. The van der Waals surface area contributed by atoms with E-state index in [1.165, 1.54) is 25.4 Å². The van der Waals surface area contributed by atoms with Crippen molar-refractivity contribution in [3.63, 3.8) is 0 Å². The standard InChI is InChI=1S/C14H15Br2NS/c1-8-4-10(7-11(15)5-8)13(17-3)12-6-9(2)14(16)18-12/h4-7,13,17H,1-3H3. The van der Waals surface area contributed by atoms with Gasteiger partial charge in [0.1, 0.15) is 0 Å². The lowest BCUT2D eigenvalue weighted by Gasteiger charge is -2.16. The zero-order valence-electron chi connectivity index (χ0n) is 10.6. The molecule has 0 saturated heterocycles. The summed E-state index contributed by atoms with van der Waals surface area (Å²) in [5.41, 5.74) is 3.85. The fourth-order valence-corrected chi connectivity index (χ4v) is 4.37. The number of halogens is 2. The zero-order valence-corrected chi connectivity index (χ0v) is 14.5. The molecule has 1 aromatic carbocycles. The van der Waals surface area contributed by atoms with E-state index in [1.54, 1.807) is 11.3 Å². The number of nitrogens with one attached hydrogen (secondary N) is 1. The Bertz CT molecular complexity index is 523. The van der Waals surface area contributed by atoms with E-state index >= 15 is 0 Å². The smallest absolute Gasteiger partial charge is 0.0731 e. The van der Waals surface area contributed by atoms with Crippen LogP contribution in [-0.2, 0) is 0 Å². The van der Waals surface area contributed by atoms with Crippen molar-refractivity contribution in [1.29, 1.82) is 0 Å². The van der Waals surface area contributed by atoms with Gasteiger partial charge in [0.25, 0.3) is 0 Å². The first-order chi connectivity index (χ1) is 8.51. The Morgan fingerprint density at radius 2 is 1.83 bits per heavy atom. The maximum Gasteiger partial charge on any atom is 0.0731 e. The lowest BCUT2D eigenvalue weighted by atomic mass is 10.0. The van der Waals surface area contributed by atoms with Gasteiger partial charge in [0.2, 0.25) is 0 Å². The van der Waals surface area contributed by atoms with E-state index in [0.29, 0.717) is 0 Å². The molecule has 96 valence electrons. The molecule has 0 bridgehead atoms. The Hall–Kier alpha value is -0.160. The second-order valence-electron chi connectivity index (χ2n) is 4.39. The van der Waals surface area contributed by atoms with Gasteiger partial charge < -0.3 is 5.32 Å². The highest BCUT2D eigenvalue weighted by atomic mass is 79.9. The van der Waals surface area contributed by atoms with Gasteiger partial charge in [-0.05, 0) is 71.7 Å². The number of benzene rings is 1. The van der Waals surface area contributed by atoms with Gasteiger partial charge in [-0.15, -0.1) is 11.3 Å². The predicted molar refractivity (Wildman–Crippen MR) is 86.5 cm³/mol. The van der Waals surface area contributed by atoms with Crippen molar-refractivity contribution in [3.05, 3.63) is 54.1 Å². The molecule has 0 aliphatic rings. The monoisotopic (exact) mass is 387 g/mol. The summed E-state index contributed by atoms with van der Waals surface area (Å²) in [4.78, 5) is 1.33. The third-order valence-electron chi connectivity index (χ3n) is 2.85. The number of aryl methyl sites for hydroxylation is 2. The molecule has 0 amide bonds. The summed E-state index contributed by atoms with van der Waals surface area (Å²) in [7, 11) is 2.00. The van der Waals surface area contributed by atoms with E-state index in [1.807, 2.05) is 7.05 Å². The highest BCUT2D eigenvalue weighted by Gasteiger charge is 2.16. The third kappa shape index (κ3) is 3.05. The molecule has 1 aromatic heterocycles. The van der Waals surface area contributed by atoms with Crippen molar-refractivity contribution in [2.24, 2.45) is 0 Å². The van der Waals surface area contributed by atoms with E-state index in [4.69, 9.17) is 0 Å². The number of hydrogen-bond donors (Lipinski definition) is 1. The van der Waals surface area contributed by atoms with Crippen LogP contribution in [0.4, 0.5) is 0 Å². The molecule has 0 spiro atoms. The minimum absolute atomic E-state index is 0.246. The van der Waals surface area contributed by atoms with Crippen molar-refractivity contribution in [3.8, 4) is 0 Å². The van der Waals surface area contributed by atoms with Crippen molar-refractivity contribution < 1.29 is 0 Å². The second kappa shape index (κ2) is 5.87. The van der Waals surface area contributed by atoms with Gasteiger partial charge in [-0.2, -0.15) is 0 Å². The van der Waals surface area contributed by atoms with Gasteiger partial charge in [-0.25, -0.2) is 0 Å². The van der Waals surface area contributed by atoms with Crippen molar-refractivity contribution in [1.82, 2.24) is 5.32 Å². The molecule has 0 aliphatic carbocycles. The maximum atomic E-state index is 3.60. The van der Waals surface area contributed by atoms with E-state index in [-0.39, 0.29) is 6.04 Å². The van der Waals surface area contributed by atoms with Crippen molar-refractivity contribution >= 4 is 43.2 Å². The second-order valence-corrected chi connectivity index (χ2v) is 7.71. The van der Waals surface area contributed by atoms with Gasteiger partial charge in [-0.1, -0.05) is 22.0 Å². The quantitative estimate of drug-likeness (QED) is 0.761. The van der Waals surface area contributed by atoms with Crippen LogP contribution in [0.25, 0.3) is 0 Å². The Balaban J connectivity index is 2.44. The fraction of sp³-hybridized carbons (Fsp3) is 0.286. The van der Waals surface area contributed by atoms with Crippen LogP contribution < -0.4 is 5.32 Å². The summed E-state index contributed by atoms with van der Waals surface area (Å²) in [5.74, 6) is 0. The Labute approximate surface area is 129 Å². The largest absolute Gasteiger partial charge is 0.309 e. The lowest BCUT2D eigenvalue weighted by molar-refractivity contribution is 0.702. The molecule has 2 rings (SSSR count). The van der Waals surface area contributed by atoms with Gasteiger partial charge in [-0.3, -0.25) is 0 Å². The van der Waals surface area contributed by atoms with Crippen molar-refractivity contribution in [2.75, 3.05) is 7.05 Å². The molecule has 0 fully saturated rings. The summed E-state index contributed by atoms with van der Waals surface area (Å²) < 4.78 is 2.34. The Morgan fingerprint density at radius 1 is 1.11 bits per heavy atom. The van der Waals surface area contributed by atoms with Gasteiger partial charge in [0, 0.05) is 9.35 Å². The van der Waals surface area contributed by atoms with Gasteiger partial charge in [0.05, 0.1) is 9.83 Å². The third-order valence-corrected chi connectivity index (χ3v) is 5.51. The number of hydrogen-bond acceptors (Lipinski definition) is 2. The highest BCUT2D eigenvalue weighted by Crippen LogP contribution is 2.35. The van der Waals surface area contributed by atoms with Gasteiger partial charge >= 0.3 is 0 Å². The van der Waals surface area contributed by atoms with Crippen LogP contribution >= 0.6 is 43.2 Å². The first-order valence-electron chi connectivity index (χ1n) is 5.71. The van der Waals surface area contributed by atoms with Crippen LogP contribution in [0.2, 0.25) is 0 Å². The molecule has 2 aromatic rings. The summed E-state index contributed by atoms with van der Waals surface area (Å²) in [5, 5.41) is 3.40. The van der Waals surface area contributed by atoms with E-state index < -0.39 is 0 Å². The predicted octanol–water partition coefficient (Wildman–Crippen LogP) is 5.20. The van der Waals surface area contributed by atoms with E-state index in [2.05, 4.69) is 75.3 Å². The lowest BCUT2D eigenvalue weighted by Crippen LogP contribution is -2.16. The highest BCUT2D eigenvalue weighted by molar-refractivity contribution is 9.11. The van der Waals surface area contributed by atoms with Crippen LogP contribution in [0.15, 0.2) is 32.5 Å².